The van der Waals surface area contributed by atoms with E-state index in [2.05, 4.69) is 29.5 Å². The molecule has 1 N–H and O–H groups in total. The molecule has 1 unspecified atom stereocenters. The average molecular weight is 228 g/mol. The molecule has 0 aliphatic rings. The molecule has 1 heterocycles. The standard InChI is InChI=1S/C11H20N2OS/c1-5-11(3,14-6-2)10-13-9(7-12-4)8-15-10/h8,12H,5-7H2,1-4H3. The van der Waals surface area contributed by atoms with Crippen LogP contribution in [0.3, 0.4) is 0 Å². The number of nitrogens with zero attached hydrogens (tertiary/aromatic N) is 1. The maximum atomic E-state index is 5.78. The first-order valence-electron chi connectivity index (χ1n) is 5.39. The molecular weight excluding hydrogens is 208 g/mol. The van der Waals surface area contributed by atoms with Crippen molar-refractivity contribution in [1.82, 2.24) is 10.3 Å². The van der Waals surface area contributed by atoms with Crippen molar-refractivity contribution in [2.75, 3.05) is 13.7 Å². The molecule has 0 aliphatic heterocycles. The topological polar surface area (TPSA) is 34.1 Å². The van der Waals surface area contributed by atoms with Crippen molar-refractivity contribution >= 4 is 11.3 Å². The quantitative estimate of drug-likeness (QED) is 0.812. The van der Waals surface area contributed by atoms with E-state index in [1.807, 2.05) is 14.0 Å². The van der Waals surface area contributed by atoms with Crippen molar-refractivity contribution in [1.29, 1.82) is 0 Å². The maximum absolute atomic E-state index is 5.78. The van der Waals surface area contributed by atoms with Gasteiger partial charge in [0.2, 0.25) is 0 Å². The first kappa shape index (κ1) is 12.6. The van der Waals surface area contributed by atoms with E-state index in [0.29, 0.717) is 0 Å². The van der Waals surface area contributed by atoms with E-state index in [9.17, 15) is 0 Å². The minimum atomic E-state index is -0.217. The van der Waals surface area contributed by atoms with Gasteiger partial charge in [0.05, 0.1) is 5.69 Å². The molecule has 1 aromatic heterocycles. The number of aromatic nitrogens is 1. The summed E-state index contributed by atoms with van der Waals surface area (Å²) in [6, 6.07) is 0. The van der Waals surface area contributed by atoms with Crippen LogP contribution in [0.15, 0.2) is 5.38 Å². The highest BCUT2D eigenvalue weighted by molar-refractivity contribution is 7.09. The Kier molecular flexibility index (Phi) is 4.70. The molecule has 4 heteroatoms. The predicted molar refractivity (Wildman–Crippen MR) is 64.1 cm³/mol. The van der Waals surface area contributed by atoms with Gasteiger partial charge in [0.1, 0.15) is 10.6 Å². The highest BCUT2D eigenvalue weighted by Crippen LogP contribution is 2.31. The summed E-state index contributed by atoms with van der Waals surface area (Å²) in [4.78, 5) is 4.59. The Morgan fingerprint density at radius 3 is 2.80 bits per heavy atom. The number of ether oxygens (including phenoxy) is 1. The lowest BCUT2D eigenvalue weighted by Crippen LogP contribution is -2.25. The second kappa shape index (κ2) is 5.58. The largest absolute Gasteiger partial charge is 0.368 e. The maximum Gasteiger partial charge on any atom is 0.125 e. The summed E-state index contributed by atoms with van der Waals surface area (Å²) >= 11 is 1.68. The monoisotopic (exact) mass is 228 g/mol. The number of hydrogen-bond donors (Lipinski definition) is 1. The van der Waals surface area contributed by atoms with Gasteiger partial charge in [-0.2, -0.15) is 0 Å². The lowest BCUT2D eigenvalue weighted by atomic mass is 10.0. The van der Waals surface area contributed by atoms with E-state index in [-0.39, 0.29) is 5.60 Å². The molecule has 0 fully saturated rings. The minimum absolute atomic E-state index is 0.217. The number of hydrogen-bond acceptors (Lipinski definition) is 4. The van der Waals surface area contributed by atoms with Crippen LogP contribution in [0.2, 0.25) is 0 Å². The van der Waals surface area contributed by atoms with Gasteiger partial charge in [0.25, 0.3) is 0 Å². The molecular formula is C11H20N2OS. The number of nitrogens with one attached hydrogen (secondary N) is 1. The van der Waals surface area contributed by atoms with Crippen molar-refractivity contribution in [2.24, 2.45) is 0 Å². The fraction of sp³-hybridized carbons (Fsp3) is 0.727. The first-order chi connectivity index (χ1) is 7.16. The van der Waals surface area contributed by atoms with Crippen LogP contribution in [0.4, 0.5) is 0 Å². The highest BCUT2D eigenvalue weighted by Gasteiger charge is 2.28. The van der Waals surface area contributed by atoms with Crippen molar-refractivity contribution < 1.29 is 4.74 Å². The second-order valence-corrected chi connectivity index (χ2v) is 4.55. The Morgan fingerprint density at radius 1 is 1.53 bits per heavy atom. The highest BCUT2D eigenvalue weighted by atomic mass is 32.1. The summed E-state index contributed by atoms with van der Waals surface area (Å²) in [6.45, 7) is 7.82. The van der Waals surface area contributed by atoms with Crippen molar-refractivity contribution in [3.63, 3.8) is 0 Å². The molecule has 0 spiro atoms. The fourth-order valence-electron chi connectivity index (χ4n) is 1.45. The lowest BCUT2D eigenvalue weighted by molar-refractivity contribution is -0.0325. The van der Waals surface area contributed by atoms with Gasteiger partial charge in [-0.3, -0.25) is 0 Å². The van der Waals surface area contributed by atoms with E-state index in [0.717, 1.165) is 30.3 Å². The normalized spacial score (nSPS) is 15.2. The molecule has 0 radical (unpaired) electrons. The second-order valence-electron chi connectivity index (χ2n) is 3.69. The summed E-state index contributed by atoms with van der Waals surface area (Å²) < 4.78 is 5.78. The molecule has 1 atom stereocenters. The van der Waals surface area contributed by atoms with Gasteiger partial charge in [0, 0.05) is 18.5 Å². The summed E-state index contributed by atoms with van der Waals surface area (Å²) in [6.07, 6.45) is 0.952. The zero-order valence-corrected chi connectivity index (χ0v) is 10.8. The average Bonchev–Trinajstić information content (AvgIpc) is 2.68. The Bertz CT molecular complexity index is 301. The molecule has 0 saturated carbocycles. The SMILES string of the molecule is CCOC(C)(CC)c1nc(CNC)cs1. The Morgan fingerprint density at radius 2 is 2.27 bits per heavy atom. The summed E-state index contributed by atoms with van der Waals surface area (Å²) in [7, 11) is 1.93. The zero-order valence-electron chi connectivity index (χ0n) is 9.96. The van der Waals surface area contributed by atoms with Crippen LogP contribution in [-0.4, -0.2) is 18.6 Å². The van der Waals surface area contributed by atoms with E-state index in [1.165, 1.54) is 0 Å². The predicted octanol–water partition coefficient (Wildman–Crippen LogP) is 2.52. The van der Waals surface area contributed by atoms with Crippen LogP contribution >= 0.6 is 11.3 Å². The van der Waals surface area contributed by atoms with Crippen molar-refractivity contribution in [3.05, 3.63) is 16.1 Å². The number of rotatable bonds is 6. The van der Waals surface area contributed by atoms with Crippen LogP contribution in [0.1, 0.15) is 37.9 Å². The summed E-state index contributed by atoms with van der Waals surface area (Å²) in [5.74, 6) is 0. The molecule has 1 aromatic rings. The van der Waals surface area contributed by atoms with Gasteiger partial charge >= 0.3 is 0 Å². The smallest absolute Gasteiger partial charge is 0.125 e. The van der Waals surface area contributed by atoms with Crippen LogP contribution in [0, 0.1) is 0 Å². The van der Waals surface area contributed by atoms with Gasteiger partial charge in [-0.15, -0.1) is 11.3 Å². The third kappa shape index (κ3) is 3.00. The lowest BCUT2D eigenvalue weighted by Gasteiger charge is -2.25. The van der Waals surface area contributed by atoms with Crippen LogP contribution in [0.5, 0.6) is 0 Å². The van der Waals surface area contributed by atoms with Crippen LogP contribution in [0.25, 0.3) is 0 Å². The van der Waals surface area contributed by atoms with Crippen molar-refractivity contribution in [2.45, 2.75) is 39.3 Å². The molecule has 0 amide bonds. The molecule has 0 aromatic carbocycles. The van der Waals surface area contributed by atoms with Gasteiger partial charge in [0.15, 0.2) is 0 Å². The third-order valence-corrected chi connectivity index (χ3v) is 3.64. The van der Waals surface area contributed by atoms with Gasteiger partial charge in [-0.25, -0.2) is 4.98 Å². The first-order valence-corrected chi connectivity index (χ1v) is 6.27. The minimum Gasteiger partial charge on any atom is -0.368 e. The third-order valence-electron chi connectivity index (χ3n) is 2.50. The summed E-state index contributed by atoms with van der Waals surface area (Å²) in [5, 5.41) is 6.28. The van der Waals surface area contributed by atoms with Gasteiger partial charge in [-0.1, -0.05) is 6.92 Å². The molecule has 15 heavy (non-hydrogen) atoms. The number of thiazole rings is 1. The summed E-state index contributed by atoms with van der Waals surface area (Å²) in [5.41, 5.74) is 0.877. The van der Waals surface area contributed by atoms with E-state index in [4.69, 9.17) is 4.74 Å². The molecule has 0 aliphatic carbocycles. The molecule has 0 bridgehead atoms. The van der Waals surface area contributed by atoms with Gasteiger partial charge < -0.3 is 10.1 Å². The fourth-order valence-corrected chi connectivity index (χ4v) is 2.45. The molecule has 1 rings (SSSR count). The van der Waals surface area contributed by atoms with Crippen molar-refractivity contribution in [3.8, 4) is 0 Å². The van der Waals surface area contributed by atoms with Crippen LogP contribution in [-0.2, 0) is 16.9 Å². The zero-order chi connectivity index (χ0) is 11.3. The van der Waals surface area contributed by atoms with E-state index >= 15 is 0 Å². The van der Waals surface area contributed by atoms with Crippen LogP contribution < -0.4 is 5.32 Å². The molecule has 3 nitrogen and oxygen atoms in total. The Hall–Kier alpha value is -0.450. The van der Waals surface area contributed by atoms with E-state index < -0.39 is 0 Å². The Labute approximate surface area is 95.9 Å². The van der Waals surface area contributed by atoms with Gasteiger partial charge in [-0.05, 0) is 27.3 Å². The molecule has 86 valence electrons. The van der Waals surface area contributed by atoms with E-state index in [1.54, 1.807) is 11.3 Å². The Balaban J connectivity index is 2.82. The molecule has 0 saturated heterocycles.